The fourth-order valence-electron chi connectivity index (χ4n) is 5.61. The molecule has 5 rings (SSSR count). The van der Waals surface area contributed by atoms with Crippen LogP contribution in [0.25, 0.3) is 5.57 Å². The average Bonchev–Trinajstić information content (AvgIpc) is 3.46. The van der Waals surface area contributed by atoms with E-state index in [9.17, 15) is 40.7 Å². The Kier molecular flexibility index (Phi) is 7.62. The molecule has 0 radical (unpaired) electrons. The second-order valence-electron chi connectivity index (χ2n) is 10.5. The van der Waals surface area contributed by atoms with E-state index in [4.69, 9.17) is 4.74 Å². The summed E-state index contributed by atoms with van der Waals surface area (Å²) in [7, 11) is 0. The van der Waals surface area contributed by atoms with Crippen LogP contribution in [0.5, 0.6) is 0 Å². The van der Waals surface area contributed by atoms with Gasteiger partial charge in [0.25, 0.3) is 6.43 Å². The highest BCUT2D eigenvalue weighted by Gasteiger charge is 2.56. The smallest absolute Gasteiger partial charge is 0.411 e. The van der Waals surface area contributed by atoms with Gasteiger partial charge in [-0.2, -0.15) is 13.2 Å². The number of halogens is 6. The Bertz CT molecular complexity index is 1470. The zero-order valence-corrected chi connectivity index (χ0v) is 22.2. The van der Waals surface area contributed by atoms with Crippen molar-refractivity contribution in [2.24, 2.45) is 5.92 Å². The normalized spacial score (nSPS) is 22.7. The van der Waals surface area contributed by atoms with Crippen LogP contribution >= 0.6 is 0 Å². The fraction of sp³-hybridized carbons (Fsp3) is 0.379. The molecule has 1 aromatic carbocycles. The molecular weight excluding hydrogens is 568 g/mol. The summed E-state index contributed by atoms with van der Waals surface area (Å²) in [6.07, 6.45) is -5.00. The van der Waals surface area contributed by atoms with E-state index >= 15 is 0 Å². The Balaban J connectivity index is 1.36. The van der Waals surface area contributed by atoms with Crippen molar-refractivity contribution in [3.63, 3.8) is 0 Å². The van der Waals surface area contributed by atoms with E-state index in [0.717, 1.165) is 30.0 Å². The molecular formula is C29H25F6N3O4. The van der Waals surface area contributed by atoms with Crippen LogP contribution in [0.4, 0.5) is 31.1 Å². The molecule has 1 aromatic heterocycles. The van der Waals surface area contributed by atoms with Crippen molar-refractivity contribution >= 4 is 23.4 Å². The second kappa shape index (κ2) is 10.9. The molecule has 7 nitrogen and oxygen atoms in total. The van der Waals surface area contributed by atoms with Gasteiger partial charge in [0.05, 0.1) is 12.2 Å². The lowest BCUT2D eigenvalue weighted by Gasteiger charge is -2.32. The van der Waals surface area contributed by atoms with E-state index in [1.807, 2.05) is 0 Å². The number of nitrogens with zero attached hydrogens (tertiary/aromatic N) is 3. The van der Waals surface area contributed by atoms with Gasteiger partial charge >= 0.3 is 12.3 Å². The van der Waals surface area contributed by atoms with Crippen molar-refractivity contribution in [2.75, 3.05) is 13.1 Å². The van der Waals surface area contributed by atoms with Crippen molar-refractivity contribution in [1.29, 1.82) is 0 Å². The van der Waals surface area contributed by atoms with Crippen LogP contribution in [0.1, 0.15) is 43.1 Å². The molecule has 2 fully saturated rings. The number of alkyl halides is 5. The molecule has 2 amide bonds. The van der Waals surface area contributed by atoms with E-state index in [1.54, 1.807) is 6.08 Å². The summed E-state index contributed by atoms with van der Waals surface area (Å²) in [6, 6.07) is 6.45. The number of ether oxygens (including phenoxy) is 1. The van der Waals surface area contributed by atoms with Gasteiger partial charge in [-0.3, -0.25) is 14.5 Å². The Morgan fingerprint density at radius 3 is 2.52 bits per heavy atom. The van der Waals surface area contributed by atoms with Crippen LogP contribution in [-0.2, 0) is 20.9 Å². The molecule has 2 aromatic rings. The lowest BCUT2D eigenvalue weighted by molar-refractivity contribution is -0.187. The van der Waals surface area contributed by atoms with E-state index in [1.165, 1.54) is 30.3 Å². The summed E-state index contributed by atoms with van der Waals surface area (Å²) in [5, 5.41) is 0. The van der Waals surface area contributed by atoms with Crippen molar-refractivity contribution in [3.05, 3.63) is 83.0 Å². The van der Waals surface area contributed by atoms with E-state index in [-0.39, 0.29) is 42.0 Å². The highest BCUT2D eigenvalue weighted by atomic mass is 19.4. The van der Waals surface area contributed by atoms with Crippen LogP contribution in [0.15, 0.2) is 60.2 Å². The van der Waals surface area contributed by atoms with Crippen LogP contribution in [0, 0.1) is 11.7 Å². The molecule has 2 aliphatic carbocycles. The first-order chi connectivity index (χ1) is 19.8. The molecule has 1 spiro atoms. The molecule has 3 aliphatic rings. The third kappa shape index (κ3) is 5.51. The third-order valence-electron chi connectivity index (χ3n) is 7.86. The Morgan fingerprint density at radius 2 is 1.86 bits per heavy atom. The van der Waals surface area contributed by atoms with Crippen LogP contribution < -0.4 is 0 Å². The maximum absolute atomic E-state index is 13.6. The first-order valence-corrected chi connectivity index (χ1v) is 13.1. The van der Waals surface area contributed by atoms with Gasteiger partial charge in [0, 0.05) is 18.0 Å². The van der Waals surface area contributed by atoms with E-state index in [0.29, 0.717) is 10.5 Å². The molecule has 1 saturated heterocycles. The SMILES string of the molecule is C[C@H](N(Cc1ccc(F)cc1)C(=O)CN1C[C@]2(CCC3C(=O)C(c4cccc(C(F)F)n4)=CC=C32)OC1=O)C(F)(F)F. The Labute approximate surface area is 236 Å². The number of carbonyl (C=O) groups is 3. The number of fused-ring (bicyclic) bond motifs is 2. The van der Waals surface area contributed by atoms with Crippen LogP contribution in [0.2, 0.25) is 0 Å². The first kappa shape index (κ1) is 29.3. The minimum absolute atomic E-state index is 0.0877. The zero-order chi connectivity index (χ0) is 30.4. The number of aromatic nitrogens is 1. The second-order valence-corrected chi connectivity index (χ2v) is 10.5. The average molecular weight is 594 g/mol. The van der Waals surface area contributed by atoms with Gasteiger partial charge in [0.1, 0.15) is 24.1 Å². The number of benzene rings is 1. The van der Waals surface area contributed by atoms with Gasteiger partial charge in [-0.1, -0.05) is 24.3 Å². The molecule has 13 heteroatoms. The largest absolute Gasteiger partial charge is 0.436 e. The van der Waals surface area contributed by atoms with Gasteiger partial charge in [-0.05, 0) is 61.2 Å². The van der Waals surface area contributed by atoms with Crippen molar-refractivity contribution in [3.8, 4) is 0 Å². The molecule has 1 aliphatic heterocycles. The summed E-state index contributed by atoms with van der Waals surface area (Å²) < 4.78 is 86.2. The predicted octanol–water partition coefficient (Wildman–Crippen LogP) is 5.63. The molecule has 222 valence electrons. The minimum atomic E-state index is -4.76. The zero-order valence-electron chi connectivity index (χ0n) is 22.2. The first-order valence-electron chi connectivity index (χ1n) is 13.1. The van der Waals surface area contributed by atoms with Gasteiger partial charge in [0.15, 0.2) is 11.4 Å². The molecule has 42 heavy (non-hydrogen) atoms. The van der Waals surface area contributed by atoms with Crippen molar-refractivity contribution < 1.29 is 45.5 Å². The quantitative estimate of drug-likeness (QED) is 0.389. The topological polar surface area (TPSA) is 79.8 Å². The molecule has 1 unspecified atom stereocenters. The highest BCUT2D eigenvalue weighted by molar-refractivity contribution is 6.23. The number of Topliss-reactive ketones (excluding diaryl/α,β-unsaturated/α-hetero) is 1. The van der Waals surface area contributed by atoms with Crippen LogP contribution in [-0.4, -0.2) is 63.5 Å². The van der Waals surface area contributed by atoms with Gasteiger partial charge in [0.2, 0.25) is 5.91 Å². The lowest BCUT2D eigenvalue weighted by Crippen LogP contribution is -2.50. The van der Waals surface area contributed by atoms with Gasteiger partial charge in [-0.25, -0.2) is 22.9 Å². The maximum atomic E-state index is 13.6. The molecule has 2 heterocycles. The summed E-state index contributed by atoms with van der Waals surface area (Å²) in [5.41, 5.74) is -0.785. The predicted molar refractivity (Wildman–Crippen MR) is 136 cm³/mol. The molecule has 1 saturated carbocycles. The number of pyridine rings is 1. The monoisotopic (exact) mass is 593 g/mol. The van der Waals surface area contributed by atoms with E-state index in [2.05, 4.69) is 4.98 Å². The van der Waals surface area contributed by atoms with E-state index < -0.39 is 66.8 Å². The number of amides is 2. The molecule has 3 atom stereocenters. The Hall–Kier alpha value is -4.16. The maximum Gasteiger partial charge on any atom is 0.411 e. The van der Waals surface area contributed by atoms with Crippen LogP contribution in [0.3, 0.4) is 0 Å². The number of rotatable bonds is 7. The number of hydrogen-bond acceptors (Lipinski definition) is 5. The lowest BCUT2D eigenvalue weighted by atomic mass is 9.82. The standard InChI is InChI=1S/C29H25F6N3O4/c1-16(29(33,34)35)38(13-17-5-7-18(30)8-6-17)24(39)14-37-15-28(42-27(37)41)12-11-19-21(28)10-9-20(25(19)40)22-3-2-4-23(36-22)26(31)32/h2-10,16,19,26H,11-15H2,1H3/t16-,19?,28-/m0/s1. The summed E-state index contributed by atoms with van der Waals surface area (Å²) in [6.45, 7) is -0.523. The van der Waals surface area contributed by atoms with Crippen molar-refractivity contribution in [2.45, 2.75) is 50.6 Å². The Morgan fingerprint density at radius 1 is 1.14 bits per heavy atom. The highest BCUT2D eigenvalue weighted by Crippen LogP contribution is 2.49. The fourth-order valence-corrected chi connectivity index (χ4v) is 5.61. The number of ketones is 1. The van der Waals surface area contributed by atoms with Gasteiger partial charge in [-0.15, -0.1) is 0 Å². The summed E-state index contributed by atoms with van der Waals surface area (Å²) >= 11 is 0. The minimum Gasteiger partial charge on any atom is -0.436 e. The molecule has 0 N–H and O–H groups in total. The summed E-state index contributed by atoms with van der Waals surface area (Å²) in [5.74, 6) is -2.67. The number of hydrogen-bond donors (Lipinski definition) is 0. The summed E-state index contributed by atoms with van der Waals surface area (Å²) in [4.78, 5) is 44.8. The number of allylic oxidation sites excluding steroid dienone is 3. The molecule has 0 bridgehead atoms. The van der Waals surface area contributed by atoms with Crippen molar-refractivity contribution in [1.82, 2.24) is 14.8 Å². The van der Waals surface area contributed by atoms with Gasteiger partial charge < -0.3 is 9.64 Å². The third-order valence-corrected chi connectivity index (χ3v) is 7.86. The number of carbonyl (C=O) groups excluding carboxylic acids is 3.